The minimum Gasteiger partial charge on any atom is -0.424 e. The van der Waals surface area contributed by atoms with Crippen LogP contribution in [0, 0.1) is 5.92 Å². The molecule has 3 fully saturated rings. The minimum atomic E-state index is -1.69. The smallest absolute Gasteiger partial charge is 0.345 e. The summed E-state index contributed by atoms with van der Waals surface area (Å²) in [5.74, 6) is -2.34. The van der Waals surface area contributed by atoms with Gasteiger partial charge < -0.3 is 19.4 Å². The third kappa shape index (κ3) is 2.52. The van der Waals surface area contributed by atoms with Crippen LogP contribution in [0.15, 0.2) is 30.3 Å². The first-order valence-electron chi connectivity index (χ1n) is 9.85. The molecule has 2 aliphatic heterocycles. The number of fused-ring (bicyclic) bond motifs is 2. The molecule has 2 saturated heterocycles. The Morgan fingerprint density at radius 3 is 2.35 bits per heavy atom. The SMILES string of the molecule is C[N+]1(C)C2CCC1[C@](O)(OC(=O)[C@](O)(c1ccccc1)C1CCCC1)C2. The fraction of sp³-hybridized carbons (Fsp3) is 0.667. The van der Waals surface area contributed by atoms with Gasteiger partial charge in [0.15, 0.2) is 11.6 Å². The molecular weight excluding hydrogens is 330 g/mol. The zero-order valence-electron chi connectivity index (χ0n) is 15.7. The number of carbonyl (C=O) groups excluding carboxylic acids is 1. The summed E-state index contributed by atoms with van der Waals surface area (Å²) in [6.07, 6.45) is 5.95. The van der Waals surface area contributed by atoms with E-state index in [9.17, 15) is 15.0 Å². The lowest BCUT2D eigenvalue weighted by molar-refractivity contribution is -0.916. The fourth-order valence-electron chi connectivity index (χ4n) is 5.73. The number of hydrogen-bond acceptors (Lipinski definition) is 4. The highest BCUT2D eigenvalue weighted by atomic mass is 16.7. The molecule has 26 heavy (non-hydrogen) atoms. The van der Waals surface area contributed by atoms with Gasteiger partial charge in [0.25, 0.3) is 5.79 Å². The molecule has 5 heteroatoms. The number of rotatable bonds is 4. The molecule has 1 saturated carbocycles. The summed E-state index contributed by atoms with van der Waals surface area (Å²) in [7, 11) is 4.18. The maximum Gasteiger partial charge on any atom is 0.345 e. The zero-order valence-corrected chi connectivity index (χ0v) is 15.7. The Hall–Kier alpha value is -1.43. The highest BCUT2D eigenvalue weighted by Crippen LogP contribution is 2.50. The molecule has 4 rings (SSSR count). The highest BCUT2D eigenvalue weighted by molar-refractivity contribution is 5.82. The van der Waals surface area contributed by atoms with Crippen LogP contribution in [-0.2, 0) is 15.1 Å². The molecule has 2 bridgehead atoms. The summed E-state index contributed by atoms with van der Waals surface area (Å²) < 4.78 is 6.43. The lowest BCUT2D eigenvalue weighted by atomic mass is 9.80. The van der Waals surface area contributed by atoms with Crippen LogP contribution < -0.4 is 0 Å². The predicted molar refractivity (Wildman–Crippen MR) is 96.9 cm³/mol. The minimum absolute atomic E-state index is 0.125. The summed E-state index contributed by atoms with van der Waals surface area (Å²) in [6, 6.07) is 9.26. The van der Waals surface area contributed by atoms with E-state index in [0.717, 1.165) is 38.5 Å². The van der Waals surface area contributed by atoms with E-state index >= 15 is 0 Å². The van der Waals surface area contributed by atoms with Gasteiger partial charge >= 0.3 is 5.97 Å². The maximum absolute atomic E-state index is 13.3. The van der Waals surface area contributed by atoms with Gasteiger partial charge in [0.05, 0.1) is 26.6 Å². The molecule has 2 N–H and O–H groups in total. The van der Waals surface area contributed by atoms with Gasteiger partial charge in [0.1, 0.15) is 0 Å². The lowest BCUT2D eigenvalue weighted by Crippen LogP contribution is -2.55. The van der Waals surface area contributed by atoms with Crippen LogP contribution in [0.25, 0.3) is 0 Å². The summed E-state index contributed by atoms with van der Waals surface area (Å²) in [5.41, 5.74) is -1.12. The number of esters is 1. The van der Waals surface area contributed by atoms with Crippen molar-refractivity contribution in [1.82, 2.24) is 0 Å². The zero-order chi connectivity index (χ0) is 18.6. The third-order valence-corrected chi connectivity index (χ3v) is 7.31. The monoisotopic (exact) mass is 360 g/mol. The van der Waals surface area contributed by atoms with Gasteiger partial charge in [0, 0.05) is 18.8 Å². The first kappa shape index (κ1) is 18.0. The van der Waals surface area contributed by atoms with E-state index in [2.05, 4.69) is 14.1 Å². The van der Waals surface area contributed by atoms with Gasteiger partial charge in [-0.15, -0.1) is 0 Å². The largest absolute Gasteiger partial charge is 0.424 e. The molecule has 4 atom stereocenters. The Morgan fingerprint density at radius 1 is 1.15 bits per heavy atom. The van der Waals surface area contributed by atoms with Crippen molar-refractivity contribution in [2.24, 2.45) is 5.92 Å². The van der Waals surface area contributed by atoms with E-state index in [0.29, 0.717) is 22.5 Å². The molecule has 0 aromatic heterocycles. The van der Waals surface area contributed by atoms with Crippen molar-refractivity contribution in [1.29, 1.82) is 0 Å². The number of nitrogens with zero attached hydrogens (tertiary/aromatic N) is 1. The van der Waals surface area contributed by atoms with Crippen molar-refractivity contribution in [3.8, 4) is 0 Å². The number of aliphatic hydroxyl groups is 2. The van der Waals surface area contributed by atoms with Crippen LogP contribution >= 0.6 is 0 Å². The molecule has 1 aliphatic carbocycles. The van der Waals surface area contributed by atoms with E-state index in [4.69, 9.17) is 4.74 Å². The van der Waals surface area contributed by atoms with Gasteiger partial charge in [-0.2, -0.15) is 0 Å². The van der Waals surface area contributed by atoms with E-state index in [1.165, 1.54) is 0 Å². The molecule has 0 amide bonds. The van der Waals surface area contributed by atoms with Crippen molar-refractivity contribution in [2.45, 2.75) is 68.4 Å². The quantitative estimate of drug-likeness (QED) is 0.491. The van der Waals surface area contributed by atoms with Gasteiger partial charge in [-0.05, 0) is 18.4 Å². The number of hydrogen-bond donors (Lipinski definition) is 2. The van der Waals surface area contributed by atoms with Gasteiger partial charge in [-0.3, -0.25) is 0 Å². The molecule has 2 unspecified atom stereocenters. The van der Waals surface area contributed by atoms with Crippen LogP contribution in [0.1, 0.15) is 50.5 Å². The second-order valence-corrected chi connectivity index (χ2v) is 8.93. The first-order valence-corrected chi connectivity index (χ1v) is 9.85. The molecule has 3 aliphatic rings. The summed E-state index contributed by atoms with van der Waals surface area (Å²) >= 11 is 0. The first-order chi connectivity index (χ1) is 12.3. The molecule has 5 nitrogen and oxygen atoms in total. The van der Waals surface area contributed by atoms with Crippen molar-refractivity contribution in [2.75, 3.05) is 14.1 Å². The average molecular weight is 360 g/mol. The van der Waals surface area contributed by atoms with Crippen molar-refractivity contribution < 1.29 is 24.2 Å². The number of ether oxygens (including phenoxy) is 1. The Bertz CT molecular complexity index is 685. The van der Waals surface area contributed by atoms with Crippen LogP contribution in [-0.4, -0.2) is 52.6 Å². The Labute approximate surface area is 155 Å². The number of carbonyl (C=O) groups is 1. The van der Waals surface area contributed by atoms with Crippen molar-refractivity contribution in [3.05, 3.63) is 35.9 Å². The van der Waals surface area contributed by atoms with Crippen LogP contribution in [0.5, 0.6) is 0 Å². The molecular formula is C21H30NO4+. The van der Waals surface area contributed by atoms with Crippen LogP contribution in [0.3, 0.4) is 0 Å². The van der Waals surface area contributed by atoms with E-state index in [1.54, 1.807) is 12.1 Å². The standard InChI is InChI=1S/C21H30NO4/c1-22(2)17-12-13-18(22)20(24,14-17)26-19(23)21(25,16-10-6-7-11-16)15-8-4-3-5-9-15/h3-5,8-9,16-18,24-25H,6-7,10-14H2,1-2H3/q+1/t17?,18?,20-,21+/m1/s1. The topological polar surface area (TPSA) is 66.8 Å². The predicted octanol–water partition coefficient (Wildman–Crippen LogP) is 2.31. The molecule has 142 valence electrons. The Morgan fingerprint density at radius 2 is 1.81 bits per heavy atom. The average Bonchev–Trinajstić information content (AvgIpc) is 3.28. The second-order valence-electron chi connectivity index (χ2n) is 8.93. The third-order valence-electron chi connectivity index (χ3n) is 7.31. The highest BCUT2D eigenvalue weighted by Gasteiger charge is 2.66. The second kappa shape index (κ2) is 6.04. The van der Waals surface area contributed by atoms with E-state index in [-0.39, 0.29) is 12.0 Å². The molecule has 1 aromatic rings. The summed E-state index contributed by atoms with van der Waals surface area (Å²) in [5, 5.41) is 22.7. The molecule has 2 heterocycles. The van der Waals surface area contributed by atoms with Gasteiger partial charge in [-0.25, -0.2) is 4.79 Å². The normalized spacial score (nSPS) is 35.4. The summed E-state index contributed by atoms with van der Waals surface area (Å²) in [4.78, 5) is 13.3. The van der Waals surface area contributed by atoms with Gasteiger partial charge in [0.2, 0.25) is 0 Å². The maximum atomic E-state index is 13.3. The van der Waals surface area contributed by atoms with Crippen LogP contribution in [0.4, 0.5) is 0 Å². The fourth-order valence-corrected chi connectivity index (χ4v) is 5.73. The number of quaternary nitrogens is 1. The molecule has 0 spiro atoms. The van der Waals surface area contributed by atoms with Crippen LogP contribution in [0.2, 0.25) is 0 Å². The van der Waals surface area contributed by atoms with Gasteiger partial charge in [-0.1, -0.05) is 43.2 Å². The number of benzene rings is 1. The van der Waals surface area contributed by atoms with E-state index < -0.39 is 17.4 Å². The molecule has 1 aromatic carbocycles. The Kier molecular flexibility index (Phi) is 4.17. The Balaban J connectivity index is 1.64. The summed E-state index contributed by atoms with van der Waals surface area (Å²) in [6.45, 7) is 0. The number of likely N-dealkylation sites (N-methyl/N-ethyl adjacent to an activating group) is 1. The lowest BCUT2D eigenvalue weighted by Gasteiger charge is -2.38. The molecule has 0 radical (unpaired) electrons. The van der Waals surface area contributed by atoms with Crippen molar-refractivity contribution >= 4 is 5.97 Å². The van der Waals surface area contributed by atoms with E-state index in [1.807, 2.05) is 18.2 Å². The van der Waals surface area contributed by atoms with Crippen molar-refractivity contribution in [3.63, 3.8) is 0 Å².